The van der Waals surface area contributed by atoms with E-state index in [9.17, 15) is 0 Å². The van der Waals surface area contributed by atoms with Gasteiger partial charge in [-0.2, -0.15) is 5.26 Å². The first-order chi connectivity index (χ1) is 5.24. The van der Waals surface area contributed by atoms with E-state index in [1.807, 2.05) is 6.07 Å². The molecule has 0 bridgehead atoms. The van der Waals surface area contributed by atoms with Crippen LogP contribution >= 0.6 is 34.5 Å². The zero-order chi connectivity index (χ0) is 8.27. The maximum Gasteiger partial charge on any atom is 0.0976 e. The van der Waals surface area contributed by atoms with Crippen LogP contribution in [0.15, 0.2) is 6.07 Å². The molecule has 1 heterocycles. The quantitative estimate of drug-likeness (QED) is 0.726. The first-order valence-corrected chi connectivity index (χ1v) is 4.62. The molecule has 4 heteroatoms. The molecule has 0 fully saturated rings. The van der Waals surface area contributed by atoms with Crippen LogP contribution in [0, 0.1) is 11.3 Å². The molecule has 0 N–H and O–H groups in total. The van der Waals surface area contributed by atoms with Crippen molar-refractivity contribution < 1.29 is 0 Å². The maximum atomic E-state index is 8.30. The summed E-state index contributed by atoms with van der Waals surface area (Å²) in [5, 5.41) is 8.30. The summed E-state index contributed by atoms with van der Waals surface area (Å²) in [6.07, 6.45) is 1.19. The Morgan fingerprint density at radius 2 is 2.27 bits per heavy atom. The van der Waals surface area contributed by atoms with E-state index in [4.69, 9.17) is 28.5 Å². The average molecular weight is 206 g/mol. The fourth-order valence-electron chi connectivity index (χ4n) is 0.735. The molecule has 58 valence electrons. The van der Waals surface area contributed by atoms with Crippen molar-refractivity contribution in [1.82, 2.24) is 0 Å². The Balaban J connectivity index is 2.71. The standard InChI is InChI=1S/C7H5Cl2NS/c8-6-4-5(2-1-3-10)7(9)11-6/h4H,1-2H2. The second kappa shape index (κ2) is 3.96. The van der Waals surface area contributed by atoms with Crippen LogP contribution in [-0.2, 0) is 6.42 Å². The fourth-order valence-corrected chi connectivity index (χ4v) is 2.28. The van der Waals surface area contributed by atoms with Crippen LogP contribution in [-0.4, -0.2) is 0 Å². The van der Waals surface area contributed by atoms with Gasteiger partial charge in [-0.1, -0.05) is 23.2 Å². The summed E-state index contributed by atoms with van der Waals surface area (Å²) in [4.78, 5) is 0. The van der Waals surface area contributed by atoms with E-state index in [1.165, 1.54) is 11.3 Å². The first kappa shape index (κ1) is 8.86. The van der Waals surface area contributed by atoms with Gasteiger partial charge in [0.05, 0.1) is 14.7 Å². The molecule has 0 amide bonds. The van der Waals surface area contributed by atoms with E-state index < -0.39 is 0 Å². The Morgan fingerprint density at radius 3 is 2.73 bits per heavy atom. The van der Waals surface area contributed by atoms with Gasteiger partial charge in [-0.25, -0.2) is 0 Å². The number of hydrogen-bond donors (Lipinski definition) is 0. The largest absolute Gasteiger partial charge is 0.198 e. The topological polar surface area (TPSA) is 23.8 Å². The molecule has 1 aromatic heterocycles. The molecule has 1 aromatic rings. The third kappa shape index (κ3) is 2.37. The molecule has 0 saturated carbocycles. The number of rotatable bonds is 2. The van der Waals surface area contributed by atoms with Gasteiger partial charge in [0.15, 0.2) is 0 Å². The van der Waals surface area contributed by atoms with E-state index >= 15 is 0 Å². The number of thiophene rings is 1. The highest BCUT2D eigenvalue weighted by molar-refractivity contribution is 7.20. The summed E-state index contributed by atoms with van der Waals surface area (Å²) in [5.41, 5.74) is 0.975. The lowest BCUT2D eigenvalue weighted by Gasteiger charge is -1.89. The summed E-state index contributed by atoms with van der Waals surface area (Å²) in [7, 11) is 0. The Hall–Kier alpha value is -0.230. The van der Waals surface area contributed by atoms with Crippen molar-refractivity contribution in [1.29, 1.82) is 5.26 Å². The normalized spacial score (nSPS) is 9.55. The second-order valence-electron chi connectivity index (χ2n) is 2.01. The number of hydrogen-bond acceptors (Lipinski definition) is 2. The van der Waals surface area contributed by atoms with Crippen LogP contribution in [0.25, 0.3) is 0 Å². The number of nitriles is 1. The van der Waals surface area contributed by atoms with Crippen molar-refractivity contribution in [2.24, 2.45) is 0 Å². The molecule has 0 atom stereocenters. The summed E-state index contributed by atoms with van der Waals surface area (Å²) in [5.74, 6) is 0. The van der Waals surface area contributed by atoms with E-state index in [2.05, 4.69) is 6.07 Å². The van der Waals surface area contributed by atoms with E-state index in [-0.39, 0.29) is 0 Å². The van der Waals surface area contributed by atoms with Crippen LogP contribution in [0.4, 0.5) is 0 Å². The molecule has 0 unspecified atom stereocenters. The third-order valence-electron chi connectivity index (χ3n) is 1.23. The van der Waals surface area contributed by atoms with E-state index in [0.717, 1.165) is 5.56 Å². The summed E-state index contributed by atoms with van der Waals surface area (Å²) >= 11 is 12.8. The number of nitrogens with zero attached hydrogens (tertiary/aromatic N) is 1. The predicted molar refractivity (Wildman–Crippen MR) is 48.3 cm³/mol. The molecular formula is C7H5Cl2NS. The van der Waals surface area contributed by atoms with Gasteiger partial charge < -0.3 is 0 Å². The van der Waals surface area contributed by atoms with E-state index in [0.29, 0.717) is 21.5 Å². The molecule has 11 heavy (non-hydrogen) atoms. The summed E-state index contributed by atoms with van der Waals surface area (Å²) < 4.78 is 1.38. The summed E-state index contributed by atoms with van der Waals surface area (Å²) in [6, 6.07) is 3.87. The lowest BCUT2D eigenvalue weighted by atomic mass is 10.2. The van der Waals surface area contributed by atoms with Crippen molar-refractivity contribution in [3.05, 3.63) is 20.3 Å². The van der Waals surface area contributed by atoms with Crippen molar-refractivity contribution in [3.8, 4) is 6.07 Å². The van der Waals surface area contributed by atoms with Gasteiger partial charge in [-0.05, 0) is 18.1 Å². The maximum absolute atomic E-state index is 8.30. The van der Waals surface area contributed by atoms with Crippen LogP contribution < -0.4 is 0 Å². The predicted octanol–water partition coefficient (Wildman–Crippen LogP) is 3.51. The summed E-state index contributed by atoms with van der Waals surface area (Å²) in [6.45, 7) is 0. The molecule has 1 rings (SSSR count). The highest BCUT2D eigenvalue weighted by Crippen LogP contribution is 2.31. The van der Waals surface area contributed by atoms with Crippen molar-refractivity contribution >= 4 is 34.5 Å². The molecule has 0 aliphatic heterocycles. The monoisotopic (exact) mass is 205 g/mol. The number of aryl methyl sites for hydroxylation is 1. The van der Waals surface area contributed by atoms with Gasteiger partial charge in [-0.3, -0.25) is 0 Å². The van der Waals surface area contributed by atoms with Gasteiger partial charge >= 0.3 is 0 Å². The Kier molecular flexibility index (Phi) is 3.19. The lowest BCUT2D eigenvalue weighted by molar-refractivity contribution is 1.02. The fraction of sp³-hybridized carbons (Fsp3) is 0.286. The molecule has 0 aliphatic carbocycles. The molecule has 0 saturated heterocycles. The van der Waals surface area contributed by atoms with Crippen molar-refractivity contribution in [3.63, 3.8) is 0 Å². The Bertz CT molecular complexity index is 287. The van der Waals surface area contributed by atoms with Crippen LogP contribution in [0.2, 0.25) is 8.67 Å². The molecule has 0 aliphatic rings. The van der Waals surface area contributed by atoms with Gasteiger partial charge in [-0.15, -0.1) is 11.3 Å². The van der Waals surface area contributed by atoms with Gasteiger partial charge in [0.1, 0.15) is 0 Å². The smallest absolute Gasteiger partial charge is 0.0976 e. The van der Waals surface area contributed by atoms with Gasteiger partial charge in [0.25, 0.3) is 0 Å². The molecular weight excluding hydrogens is 201 g/mol. The highest BCUT2D eigenvalue weighted by atomic mass is 35.5. The third-order valence-corrected chi connectivity index (χ3v) is 2.80. The van der Waals surface area contributed by atoms with Crippen LogP contribution in [0.3, 0.4) is 0 Å². The van der Waals surface area contributed by atoms with Gasteiger partial charge in [0.2, 0.25) is 0 Å². The second-order valence-corrected chi connectivity index (χ2v) is 4.29. The first-order valence-electron chi connectivity index (χ1n) is 3.04. The number of halogens is 2. The van der Waals surface area contributed by atoms with E-state index in [1.54, 1.807) is 0 Å². The molecule has 0 aromatic carbocycles. The zero-order valence-corrected chi connectivity index (χ0v) is 7.93. The molecule has 0 spiro atoms. The Labute approximate surface area is 79.2 Å². The SMILES string of the molecule is N#CCCc1cc(Cl)sc1Cl. The Morgan fingerprint density at radius 1 is 1.55 bits per heavy atom. The average Bonchev–Trinajstić information content (AvgIpc) is 2.26. The zero-order valence-electron chi connectivity index (χ0n) is 5.60. The minimum absolute atomic E-state index is 0.493. The highest BCUT2D eigenvalue weighted by Gasteiger charge is 2.04. The minimum atomic E-state index is 0.493. The van der Waals surface area contributed by atoms with Crippen LogP contribution in [0.1, 0.15) is 12.0 Å². The molecule has 0 radical (unpaired) electrons. The van der Waals surface area contributed by atoms with Crippen LogP contribution in [0.5, 0.6) is 0 Å². The minimum Gasteiger partial charge on any atom is -0.198 e. The van der Waals surface area contributed by atoms with Crippen molar-refractivity contribution in [2.75, 3.05) is 0 Å². The van der Waals surface area contributed by atoms with Crippen molar-refractivity contribution in [2.45, 2.75) is 12.8 Å². The lowest BCUT2D eigenvalue weighted by Crippen LogP contribution is -1.78. The van der Waals surface area contributed by atoms with Gasteiger partial charge in [0, 0.05) is 6.42 Å². The molecule has 1 nitrogen and oxygen atoms in total.